The van der Waals surface area contributed by atoms with Crippen LogP contribution in [0, 0.1) is 0 Å². The smallest absolute Gasteiger partial charge is 0.312 e. The number of thiazole rings is 1. The van der Waals surface area contributed by atoms with Crippen molar-refractivity contribution in [3.63, 3.8) is 0 Å². The van der Waals surface area contributed by atoms with Crippen LogP contribution in [-0.4, -0.2) is 41.5 Å². The van der Waals surface area contributed by atoms with E-state index in [0.717, 1.165) is 55.7 Å². The van der Waals surface area contributed by atoms with E-state index in [1.54, 1.807) is 11.3 Å². The van der Waals surface area contributed by atoms with Crippen molar-refractivity contribution in [3.05, 3.63) is 28.2 Å². The summed E-state index contributed by atoms with van der Waals surface area (Å²) in [7, 11) is 0. The molecule has 3 amide bonds. The molecule has 0 bridgehead atoms. The molecule has 0 unspecified atom stereocenters. The first kappa shape index (κ1) is 19.9. The first-order chi connectivity index (χ1) is 13.0. The van der Waals surface area contributed by atoms with Crippen LogP contribution in [0.2, 0.25) is 5.02 Å². The van der Waals surface area contributed by atoms with Gasteiger partial charge >= 0.3 is 6.03 Å². The fourth-order valence-electron chi connectivity index (χ4n) is 3.42. The molecule has 0 saturated carbocycles. The number of halogens is 1. The number of fused-ring (bicyclic) bond motifs is 1. The van der Waals surface area contributed by atoms with Crippen LogP contribution in [0.1, 0.15) is 49.5 Å². The number of hydrogen-bond acceptors (Lipinski definition) is 4. The highest BCUT2D eigenvalue weighted by atomic mass is 35.5. The van der Waals surface area contributed by atoms with Crippen LogP contribution in [0.3, 0.4) is 0 Å². The molecule has 3 N–H and O–H groups in total. The Morgan fingerprint density at radius 2 is 2.04 bits per heavy atom. The second kappa shape index (κ2) is 9.37. The Morgan fingerprint density at radius 1 is 1.26 bits per heavy atom. The molecule has 6 nitrogen and oxygen atoms in total. The Morgan fingerprint density at radius 3 is 2.78 bits per heavy atom. The van der Waals surface area contributed by atoms with Gasteiger partial charge in [-0.25, -0.2) is 9.78 Å². The quantitative estimate of drug-likeness (QED) is 0.681. The minimum atomic E-state index is -0.495. The van der Waals surface area contributed by atoms with Crippen molar-refractivity contribution in [1.29, 1.82) is 0 Å². The summed E-state index contributed by atoms with van der Waals surface area (Å²) in [5.41, 5.74) is 5.98. The summed E-state index contributed by atoms with van der Waals surface area (Å²) in [5, 5.41) is 4.43. The number of unbranched alkanes of at least 4 members (excludes halogenated alkanes) is 2. The highest BCUT2D eigenvalue weighted by molar-refractivity contribution is 7.18. The molecule has 1 aromatic carbocycles. The number of nitrogens with zero attached hydrogens (tertiary/aromatic N) is 2. The van der Waals surface area contributed by atoms with Crippen LogP contribution in [0.4, 0.5) is 4.79 Å². The monoisotopic (exact) mass is 408 g/mol. The van der Waals surface area contributed by atoms with E-state index in [-0.39, 0.29) is 5.91 Å². The number of nitrogens with two attached hydrogens (primary N) is 1. The number of piperidine rings is 1. The molecule has 2 aromatic rings. The normalized spacial score (nSPS) is 15.2. The molecular weight excluding hydrogens is 384 g/mol. The zero-order chi connectivity index (χ0) is 19.2. The zero-order valence-corrected chi connectivity index (χ0v) is 16.8. The van der Waals surface area contributed by atoms with E-state index in [9.17, 15) is 9.59 Å². The van der Waals surface area contributed by atoms with E-state index in [1.807, 2.05) is 23.1 Å². The predicted molar refractivity (Wildman–Crippen MR) is 109 cm³/mol. The van der Waals surface area contributed by atoms with E-state index in [0.29, 0.717) is 23.9 Å². The van der Waals surface area contributed by atoms with Gasteiger partial charge in [0.15, 0.2) is 0 Å². The van der Waals surface area contributed by atoms with Crippen LogP contribution in [0.25, 0.3) is 10.2 Å². The molecule has 0 aliphatic carbocycles. The van der Waals surface area contributed by atoms with E-state index >= 15 is 0 Å². The molecule has 3 rings (SSSR count). The average molecular weight is 409 g/mol. The number of carbonyl (C=O) groups excluding carboxylic acids is 2. The summed E-state index contributed by atoms with van der Waals surface area (Å²) >= 11 is 7.78. The lowest BCUT2D eigenvalue weighted by molar-refractivity contribution is -0.132. The summed E-state index contributed by atoms with van der Waals surface area (Å²) < 4.78 is 1.17. The number of rotatable bonds is 7. The van der Waals surface area contributed by atoms with Crippen molar-refractivity contribution in [2.75, 3.05) is 19.6 Å². The largest absolute Gasteiger partial charge is 0.352 e. The molecule has 0 atom stereocenters. The van der Waals surface area contributed by atoms with Gasteiger partial charge in [0.1, 0.15) is 0 Å². The number of urea groups is 1. The minimum absolute atomic E-state index is 0.229. The number of primary amides is 1. The third-order valence-corrected chi connectivity index (χ3v) is 6.36. The Labute approximate surface area is 168 Å². The Hall–Kier alpha value is -1.86. The lowest BCUT2D eigenvalue weighted by Crippen LogP contribution is -2.37. The van der Waals surface area contributed by atoms with Crippen LogP contribution in [-0.2, 0) is 4.79 Å². The number of likely N-dealkylation sites (tertiary alicyclic amines) is 1. The van der Waals surface area contributed by atoms with Gasteiger partial charge in [0.2, 0.25) is 5.91 Å². The standard InChI is InChI=1S/C19H25ClN4O2S/c20-14-5-6-16-15(12-14)23-18(27-16)13-7-10-24(11-8-13)17(25)4-2-1-3-9-22-19(21)26/h5-6,12-13H,1-4,7-11H2,(H3,21,22,26). The average Bonchev–Trinajstić information content (AvgIpc) is 3.07. The second-order valence-electron chi connectivity index (χ2n) is 6.92. The maximum absolute atomic E-state index is 12.4. The van der Waals surface area contributed by atoms with Gasteiger partial charge in [-0.2, -0.15) is 0 Å². The lowest BCUT2D eigenvalue weighted by Gasteiger charge is -2.31. The van der Waals surface area contributed by atoms with Crippen molar-refractivity contribution in [2.24, 2.45) is 5.73 Å². The molecule has 1 fully saturated rings. The topological polar surface area (TPSA) is 88.3 Å². The van der Waals surface area contributed by atoms with Crippen LogP contribution < -0.4 is 11.1 Å². The van der Waals surface area contributed by atoms with Crippen LogP contribution in [0.5, 0.6) is 0 Å². The molecule has 2 heterocycles. The first-order valence-electron chi connectivity index (χ1n) is 9.40. The first-order valence-corrected chi connectivity index (χ1v) is 10.6. The number of benzene rings is 1. The molecule has 0 spiro atoms. The number of hydrogen-bond donors (Lipinski definition) is 2. The fraction of sp³-hybridized carbons (Fsp3) is 0.526. The molecule has 1 saturated heterocycles. The molecule has 0 radical (unpaired) electrons. The molecule has 1 aromatic heterocycles. The zero-order valence-electron chi connectivity index (χ0n) is 15.2. The van der Waals surface area contributed by atoms with Gasteiger partial charge in [-0.05, 0) is 43.9 Å². The number of carbonyl (C=O) groups is 2. The molecule has 8 heteroatoms. The van der Waals surface area contributed by atoms with Gasteiger partial charge in [-0.1, -0.05) is 18.0 Å². The lowest BCUT2D eigenvalue weighted by atomic mass is 9.97. The highest BCUT2D eigenvalue weighted by Gasteiger charge is 2.25. The van der Waals surface area contributed by atoms with Crippen molar-refractivity contribution in [2.45, 2.75) is 44.4 Å². The Bertz CT molecular complexity index is 802. The Kier molecular flexibility index (Phi) is 6.90. The van der Waals surface area contributed by atoms with Gasteiger partial charge in [0, 0.05) is 37.0 Å². The highest BCUT2D eigenvalue weighted by Crippen LogP contribution is 2.34. The summed E-state index contributed by atoms with van der Waals surface area (Å²) in [6.45, 7) is 2.16. The van der Waals surface area contributed by atoms with Crippen molar-refractivity contribution in [1.82, 2.24) is 15.2 Å². The van der Waals surface area contributed by atoms with E-state index < -0.39 is 6.03 Å². The second-order valence-corrected chi connectivity index (χ2v) is 8.42. The van der Waals surface area contributed by atoms with E-state index in [1.165, 1.54) is 4.70 Å². The molecule has 27 heavy (non-hydrogen) atoms. The van der Waals surface area contributed by atoms with Gasteiger partial charge in [0.25, 0.3) is 0 Å². The van der Waals surface area contributed by atoms with Crippen molar-refractivity contribution < 1.29 is 9.59 Å². The van der Waals surface area contributed by atoms with E-state index in [4.69, 9.17) is 22.3 Å². The molecule has 1 aliphatic heterocycles. The summed E-state index contributed by atoms with van der Waals surface area (Å²) in [4.78, 5) is 29.7. The van der Waals surface area contributed by atoms with Crippen LogP contribution in [0.15, 0.2) is 18.2 Å². The third-order valence-electron chi connectivity index (χ3n) is 4.93. The van der Waals surface area contributed by atoms with Gasteiger partial charge in [-0.3, -0.25) is 4.79 Å². The predicted octanol–water partition coefficient (Wildman–Crippen LogP) is 3.88. The summed E-state index contributed by atoms with van der Waals surface area (Å²) in [6, 6.07) is 5.34. The fourth-order valence-corrected chi connectivity index (χ4v) is 4.70. The number of aromatic nitrogens is 1. The SMILES string of the molecule is NC(=O)NCCCCCC(=O)N1CCC(c2nc3cc(Cl)ccc3s2)CC1. The number of nitrogens with one attached hydrogen (secondary N) is 1. The van der Waals surface area contributed by atoms with Crippen molar-refractivity contribution in [3.8, 4) is 0 Å². The molecule has 1 aliphatic rings. The maximum atomic E-state index is 12.4. The van der Waals surface area contributed by atoms with Gasteiger partial charge in [0.05, 0.1) is 15.2 Å². The van der Waals surface area contributed by atoms with Gasteiger partial charge in [-0.15, -0.1) is 11.3 Å². The third kappa shape index (κ3) is 5.56. The Balaban J connectivity index is 1.41. The van der Waals surface area contributed by atoms with Crippen molar-refractivity contribution >= 4 is 45.1 Å². The molecular formula is C19H25ClN4O2S. The van der Waals surface area contributed by atoms with Crippen LogP contribution >= 0.6 is 22.9 Å². The summed E-state index contributed by atoms with van der Waals surface area (Å²) in [5.74, 6) is 0.650. The van der Waals surface area contributed by atoms with E-state index in [2.05, 4.69) is 5.32 Å². The minimum Gasteiger partial charge on any atom is -0.352 e. The number of amides is 3. The summed E-state index contributed by atoms with van der Waals surface area (Å²) in [6.07, 6.45) is 5.10. The van der Waals surface area contributed by atoms with Gasteiger partial charge < -0.3 is 16.0 Å². The maximum Gasteiger partial charge on any atom is 0.312 e. The molecule has 146 valence electrons.